The molecule has 1 unspecified atom stereocenters. The number of carbonyl (C=O) groups is 1. The molecule has 6 nitrogen and oxygen atoms in total. The first-order valence-electron chi connectivity index (χ1n) is 10.0. The Bertz CT molecular complexity index is 776. The zero-order chi connectivity index (χ0) is 20.5. The molecule has 2 aromatic carbocycles. The van der Waals surface area contributed by atoms with E-state index < -0.39 is 0 Å². The van der Waals surface area contributed by atoms with Gasteiger partial charge in [-0.05, 0) is 29.7 Å². The van der Waals surface area contributed by atoms with E-state index in [1.807, 2.05) is 24.3 Å². The summed E-state index contributed by atoms with van der Waals surface area (Å²) >= 11 is 0. The summed E-state index contributed by atoms with van der Waals surface area (Å²) < 4.78 is 16.1. The second-order valence-electron chi connectivity index (χ2n) is 7.16. The summed E-state index contributed by atoms with van der Waals surface area (Å²) in [7, 11) is 3.20. The molecule has 0 saturated carbocycles. The maximum absolute atomic E-state index is 12.6. The molecule has 0 bridgehead atoms. The van der Waals surface area contributed by atoms with Gasteiger partial charge in [0.1, 0.15) is 0 Å². The van der Waals surface area contributed by atoms with Gasteiger partial charge in [-0.3, -0.25) is 9.69 Å². The van der Waals surface area contributed by atoms with Crippen LogP contribution in [0.1, 0.15) is 11.1 Å². The Morgan fingerprint density at radius 1 is 1.03 bits per heavy atom. The van der Waals surface area contributed by atoms with E-state index in [0.29, 0.717) is 24.5 Å². The summed E-state index contributed by atoms with van der Waals surface area (Å²) in [5, 5.41) is 3.12. The predicted octanol–water partition coefficient (Wildman–Crippen LogP) is 2.31. The van der Waals surface area contributed by atoms with Gasteiger partial charge in [-0.25, -0.2) is 0 Å². The summed E-state index contributed by atoms with van der Waals surface area (Å²) in [6.07, 6.45) is 1.21. The number of rotatable bonds is 9. The second-order valence-corrected chi connectivity index (χ2v) is 7.16. The standard InChI is InChI=1S/C23H30N2O4/c1-27-21-9-8-19(15-22(21)28-2)16-23(26)24-17-20(25-10-12-29-13-11-25)14-18-6-4-3-5-7-18/h3-9,15,20H,10-14,16-17H2,1-2H3,(H,24,26). The van der Waals surface area contributed by atoms with Gasteiger partial charge in [0.15, 0.2) is 11.5 Å². The summed E-state index contributed by atoms with van der Waals surface area (Å²) in [6.45, 7) is 3.88. The largest absolute Gasteiger partial charge is 0.493 e. The number of carbonyl (C=O) groups excluding carboxylic acids is 1. The van der Waals surface area contributed by atoms with Crippen molar-refractivity contribution in [1.29, 1.82) is 0 Å². The van der Waals surface area contributed by atoms with Crippen LogP contribution in [-0.4, -0.2) is 63.9 Å². The van der Waals surface area contributed by atoms with Gasteiger partial charge in [0.05, 0.1) is 33.9 Å². The average Bonchev–Trinajstić information content (AvgIpc) is 2.77. The number of amides is 1. The van der Waals surface area contributed by atoms with Gasteiger partial charge in [-0.15, -0.1) is 0 Å². The molecule has 2 aromatic rings. The third kappa shape index (κ3) is 6.21. The Labute approximate surface area is 172 Å². The first-order chi connectivity index (χ1) is 14.2. The molecule has 1 N–H and O–H groups in total. The van der Waals surface area contributed by atoms with E-state index >= 15 is 0 Å². The molecule has 3 rings (SSSR count). The molecule has 0 aliphatic carbocycles. The highest BCUT2D eigenvalue weighted by atomic mass is 16.5. The maximum Gasteiger partial charge on any atom is 0.224 e. The minimum atomic E-state index is 0.00328. The monoisotopic (exact) mass is 398 g/mol. The van der Waals surface area contributed by atoms with Gasteiger partial charge in [0.2, 0.25) is 5.91 Å². The average molecular weight is 399 g/mol. The molecule has 156 valence electrons. The minimum absolute atomic E-state index is 0.00328. The van der Waals surface area contributed by atoms with Gasteiger partial charge in [0, 0.05) is 25.7 Å². The quantitative estimate of drug-likeness (QED) is 0.702. The van der Waals surface area contributed by atoms with Crippen LogP contribution in [0.15, 0.2) is 48.5 Å². The summed E-state index contributed by atoms with van der Waals surface area (Å²) in [5.41, 5.74) is 2.17. The van der Waals surface area contributed by atoms with Gasteiger partial charge >= 0.3 is 0 Å². The van der Waals surface area contributed by atoms with Crippen molar-refractivity contribution in [2.24, 2.45) is 0 Å². The van der Waals surface area contributed by atoms with Crippen molar-refractivity contribution in [2.75, 3.05) is 47.1 Å². The first-order valence-corrected chi connectivity index (χ1v) is 10.0. The van der Waals surface area contributed by atoms with Crippen molar-refractivity contribution in [3.8, 4) is 11.5 Å². The van der Waals surface area contributed by atoms with Crippen LogP contribution in [0, 0.1) is 0 Å². The van der Waals surface area contributed by atoms with E-state index in [1.165, 1.54) is 5.56 Å². The molecule has 29 heavy (non-hydrogen) atoms. The van der Waals surface area contributed by atoms with Gasteiger partial charge in [-0.1, -0.05) is 36.4 Å². The Kier molecular flexibility index (Phi) is 7.90. The van der Waals surface area contributed by atoms with Crippen LogP contribution in [0.25, 0.3) is 0 Å². The van der Waals surface area contributed by atoms with Crippen LogP contribution < -0.4 is 14.8 Å². The van der Waals surface area contributed by atoms with Crippen LogP contribution >= 0.6 is 0 Å². The smallest absolute Gasteiger partial charge is 0.224 e. The maximum atomic E-state index is 12.6. The van der Waals surface area contributed by atoms with Crippen molar-refractivity contribution in [3.63, 3.8) is 0 Å². The Hall–Kier alpha value is -2.57. The number of morpholine rings is 1. The Balaban J connectivity index is 1.60. The number of hydrogen-bond acceptors (Lipinski definition) is 5. The fourth-order valence-electron chi connectivity index (χ4n) is 3.63. The lowest BCUT2D eigenvalue weighted by molar-refractivity contribution is -0.120. The third-order valence-corrected chi connectivity index (χ3v) is 5.22. The number of nitrogens with one attached hydrogen (secondary N) is 1. The highest BCUT2D eigenvalue weighted by Gasteiger charge is 2.22. The van der Waals surface area contributed by atoms with E-state index in [4.69, 9.17) is 14.2 Å². The van der Waals surface area contributed by atoms with Crippen LogP contribution in [0.5, 0.6) is 11.5 Å². The summed E-state index contributed by atoms with van der Waals surface area (Å²) in [5.74, 6) is 1.29. The SMILES string of the molecule is COc1ccc(CC(=O)NCC(Cc2ccccc2)N2CCOCC2)cc1OC. The van der Waals surface area contributed by atoms with Crippen molar-refractivity contribution in [1.82, 2.24) is 10.2 Å². The first kappa shape index (κ1) is 21.1. The molecule has 0 aromatic heterocycles. The number of methoxy groups -OCH3 is 2. The highest BCUT2D eigenvalue weighted by molar-refractivity contribution is 5.78. The lowest BCUT2D eigenvalue weighted by Gasteiger charge is -2.34. The van der Waals surface area contributed by atoms with Gasteiger partial charge in [-0.2, -0.15) is 0 Å². The molecule has 1 saturated heterocycles. The lowest BCUT2D eigenvalue weighted by atomic mass is 10.0. The van der Waals surface area contributed by atoms with Crippen molar-refractivity contribution >= 4 is 5.91 Å². The molecule has 1 aliphatic rings. The van der Waals surface area contributed by atoms with Gasteiger partial charge in [0.25, 0.3) is 0 Å². The summed E-state index contributed by atoms with van der Waals surface area (Å²) in [6, 6.07) is 16.2. The van der Waals surface area contributed by atoms with E-state index in [9.17, 15) is 4.79 Å². The topological polar surface area (TPSA) is 60.0 Å². The molecular weight excluding hydrogens is 368 g/mol. The lowest BCUT2D eigenvalue weighted by Crippen LogP contribution is -2.50. The third-order valence-electron chi connectivity index (χ3n) is 5.22. The van der Waals surface area contributed by atoms with E-state index in [0.717, 1.165) is 38.3 Å². The van der Waals surface area contributed by atoms with Crippen molar-refractivity contribution in [2.45, 2.75) is 18.9 Å². The van der Waals surface area contributed by atoms with Crippen LogP contribution in [0.2, 0.25) is 0 Å². The van der Waals surface area contributed by atoms with E-state index in [-0.39, 0.29) is 11.9 Å². The fourth-order valence-corrected chi connectivity index (χ4v) is 3.63. The normalized spacial score (nSPS) is 15.5. The molecule has 1 heterocycles. The Morgan fingerprint density at radius 2 is 1.76 bits per heavy atom. The molecule has 1 aliphatic heterocycles. The molecule has 6 heteroatoms. The van der Waals surface area contributed by atoms with Crippen molar-refractivity contribution in [3.05, 3.63) is 59.7 Å². The fraction of sp³-hybridized carbons (Fsp3) is 0.435. The van der Waals surface area contributed by atoms with Crippen LogP contribution in [0.3, 0.4) is 0 Å². The van der Waals surface area contributed by atoms with Crippen LogP contribution in [-0.2, 0) is 22.4 Å². The van der Waals surface area contributed by atoms with Crippen molar-refractivity contribution < 1.29 is 19.0 Å². The number of hydrogen-bond donors (Lipinski definition) is 1. The molecule has 1 amide bonds. The zero-order valence-corrected chi connectivity index (χ0v) is 17.2. The molecular formula is C23H30N2O4. The number of benzene rings is 2. The van der Waals surface area contributed by atoms with Crippen LogP contribution in [0.4, 0.5) is 0 Å². The zero-order valence-electron chi connectivity index (χ0n) is 17.2. The molecule has 1 fully saturated rings. The molecule has 1 atom stereocenters. The summed E-state index contributed by atoms with van der Waals surface area (Å²) in [4.78, 5) is 15.0. The van der Waals surface area contributed by atoms with E-state index in [1.54, 1.807) is 14.2 Å². The molecule has 0 spiro atoms. The predicted molar refractivity (Wildman–Crippen MR) is 113 cm³/mol. The van der Waals surface area contributed by atoms with E-state index in [2.05, 4.69) is 34.5 Å². The second kappa shape index (κ2) is 10.8. The highest BCUT2D eigenvalue weighted by Crippen LogP contribution is 2.27. The molecule has 0 radical (unpaired) electrons. The van der Waals surface area contributed by atoms with Gasteiger partial charge < -0.3 is 19.5 Å². The number of nitrogens with zero attached hydrogens (tertiary/aromatic N) is 1. The minimum Gasteiger partial charge on any atom is -0.493 e. The number of ether oxygens (including phenoxy) is 3. The Morgan fingerprint density at radius 3 is 2.45 bits per heavy atom.